The molecule has 1 aromatic carbocycles. The van der Waals surface area contributed by atoms with E-state index in [0.717, 1.165) is 57.5 Å². The molecular weight excluding hydrogens is 343 g/mol. The maximum atomic E-state index is 13.2. The predicted molar refractivity (Wildman–Crippen MR) is 104 cm³/mol. The summed E-state index contributed by atoms with van der Waals surface area (Å²) in [5.74, 6) is 1.53. The van der Waals surface area contributed by atoms with Gasteiger partial charge in [0.25, 0.3) is 0 Å². The maximum absolute atomic E-state index is 13.2. The molecule has 1 aliphatic heterocycles. The molecule has 1 saturated heterocycles. The Kier molecular flexibility index (Phi) is 4.92. The number of benzene rings is 1. The molecule has 27 heavy (non-hydrogen) atoms. The molecule has 0 atom stereocenters. The number of nitrogens with one attached hydrogen (secondary N) is 1. The predicted octanol–water partition coefficient (Wildman–Crippen LogP) is 2.04. The van der Waals surface area contributed by atoms with Gasteiger partial charge in [-0.1, -0.05) is 12.1 Å². The summed E-state index contributed by atoms with van der Waals surface area (Å²) in [4.78, 5) is 17.6. The summed E-state index contributed by atoms with van der Waals surface area (Å²) in [6.45, 7) is 4.32. The minimum absolute atomic E-state index is 0.114. The molecule has 1 aliphatic carbocycles. The zero-order chi connectivity index (χ0) is 18.7. The van der Waals surface area contributed by atoms with Gasteiger partial charge in [0, 0.05) is 57.6 Å². The van der Waals surface area contributed by atoms with Gasteiger partial charge < -0.3 is 15.1 Å². The van der Waals surface area contributed by atoms with Crippen molar-refractivity contribution in [2.24, 2.45) is 4.99 Å². The molecule has 142 valence electrons. The number of guanidine groups is 1. The monoisotopic (exact) mass is 368 g/mol. The van der Waals surface area contributed by atoms with E-state index in [9.17, 15) is 4.39 Å². The van der Waals surface area contributed by atoms with Crippen molar-refractivity contribution in [3.8, 4) is 0 Å². The van der Waals surface area contributed by atoms with Crippen LogP contribution in [0.3, 0.4) is 0 Å². The standard InChI is InChI=1S/C20H25FN6/c1-22-18(25-15-20(7-8-20)16-3-5-17(21)6-4-16)26-11-13-27(14-12-26)19-23-9-2-10-24-19/h2-6,9-10H,7-8,11-15H2,1H3,(H,22,25). The molecule has 0 bridgehead atoms. The molecule has 0 radical (unpaired) electrons. The van der Waals surface area contributed by atoms with E-state index in [2.05, 4.69) is 30.1 Å². The van der Waals surface area contributed by atoms with Crippen LogP contribution in [0.15, 0.2) is 47.7 Å². The zero-order valence-electron chi connectivity index (χ0n) is 15.6. The topological polar surface area (TPSA) is 56.7 Å². The van der Waals surface area contributed by atoms with Gasteiger partial charge in [0.2, 0.25) is 5.95 Å². The molecule has 0 spiro atoms. The van der Waals surface area contributed by atoms with Gasteiger partial charge >= 0.3 is 0 Å². The van der Waals surface area contributed by atoms with Gasteiger partial charge in [-0.25, -0.2) is 14.4 Å². The average Bonchev–Trinajstić information content (AvgIpc) is 3.51. The first-order valence-corrected chi connectivity index (χ1v) is 9.44. The van der Waals surface area contributed by atoms with E-state index >= 15 is 0 Å². The zero-order valence-corrected chi connectivity index (χ0v) is 15.6. The van der Waals surface area contributed by atoms with Gasteiger partial charge in [-0.3, -0.25) is 4.99 Å². The molecule has 7 heteroatoms. The lowest BCUT2D eigenvalue weighted by atomic mass is 9.96. The highest BCUT2D eigenvalue weighted by Crippen LogP contribution is 2.47. The number of piperazine rings is 1. The van der Waals surface area contributed by atoms with Crippen LogP contribution in [-0.4, -0.2) is 60.6 Å². The first kappa shape index (κ1) is 17.7. The number of aliphatic imine (C=N–C) groups is 1. The number of nitrogens with zero attached hydrogens (tertiary/aromatic N) is 5. The van der Waals surface area contributed by atoms with E-state index in [1.807, 2.05) is 25.2 Å². The minimum Gasteiger partial charge on any atom is -0.355 e. The Morgan fingerprint density at radius 3 is 2.37 bits per heavy atom. The van der Waals surface area contributed by atoms with E-state index in [1.165, 1.54) is 5.56 Å². The van der Waals surface area contributed by atoms with Crippen LogP contribution in [0.4, 0.5) is 10.3 Å². The highest BCUT2D eigenvalue weighted by molar-refractivity contribution is 5.80. The van der Waals surface area contributed by atoms with Crippen LogP contribution in [0.1, 0.15) is 18.4 Å². The number of aromatic nitrogens is 2. The quantitative estimate of drug-likeness (QED) is 0.661. The molecule has 2 aliphatic rings. The Morgan fingerprint density at radius 1 is 1.11 bits per heavy atom. The van der Waals surface area contributed by atoms with Crippen LogP contribution >= 0.6 is 0 Å². The smallest absolute Gasteiger partial charge is 0.225 e. The van der Waals surface area contributed by atoms with Crippen molar-refractivity contribution in [1.29, 1.82) is 0 Å². The molecule has 6 nitrogen and oxygen atoms in total. The number of rotatable bonds is 4. The number of anilines is 1. The van der Waals surface area contributed by atoms with Crippen molar-refractivity contribution in [2.75, 3.05) is 44.7 Å². The van der Waals surface area contributed by atoms with E-state index in [0.29, 0.717) is 0 Å². The molecule has 1 aromatic heterocycles. The third-order valence-corrected chi connectivity index (χ3v) is 5.52. The first-order chi connectivity index (χ1) is 13.2. The van der Waals surface area contributed by atoms with Crippen LogP contribution in [0, 0.1) is 5.82 Å². The van der Waals surface area contributed by atoms with Crippen LogP contribution in [0.25, 0.3) is 0 Å². The van der Waals surface area contributed by atoms with Crippen LogP contribution in [-0.2, 0) is 5.41 Å². The van der Waals surface area contributed by atoms with Crippen molar-refractivity contribution in [1.82, 2.24) is 20.2 Å². The second kappa shape index (κ2) is 7.50. The highest BCUT2D eigenvalue weighted by Gasteiger charge is 2.44. The third kappa shape index (κ3) is 3.86. The van der Waals surface area contributed by atoms with Crippen molar-refractivity contribution in [2.45, 2.75) is 18.3 Å². The normalized spacial score (nSPS) is 19.1. The van der Waals surface area contributed by atoms with Crippen molar-refractivity contribution in [3.63, 3.8) is 0 Å². The van der Waals surface area contributed by atoms with E-state index in [4.69, 9.17) is 0 Å². The Morgan fingerprint density at radius 2 is 1.78 bits per heavy atom. The number of hydrogen-bond donors (Lipinski definition) is 1. The summed E-state index contributed by atoms with van der Waals surface area (Å²) in [5, 5.41) is 3.54. The summed E-state index contributed by atoms with van der Waals surface area (Å²) < 4.78 is 13.2. The summed E-state index contributed by atoms with van der Waals surface area (Å²) in [7, 11) is 1.83. The fraction of sp³-hybridized carbons (Fsp3) is 0.450. The summed E-state index contributed by atoms with van der Waals surface area (Å²) >= 11 is 0. The molecule has 2 heterocycles. The molecule has 4 rings (SSSR count). The summed E-state index contributed by atoms with van der Waals surface area (Å²) in [6, 6.07) is 8.75. The average molecular weight is 368 g/mol. The van der Waals surface area contributed by atoms with Crippen LogP contribution < -0.4 is 10.2 Å². The summed E-state index contributed by atoms with van der Waals surface area (Å²) in [6.07, 6.45) is 5.81. The van der Waals surface area contributed by atoms with Crippen LogP contribution in [0.5, 0.6) is 0 Å². The molecule has 2 fully saturated rings. The molecule has 2 aromatic rings. The Hall–Kier alpha value is -2.70. The number of hydrogen-bond acceptors (Lipinski definition) is 4. The molecule has 0 amide bonds. The molecule has 0 unspecified atom stereocenters. The minimum atomic E-state index is -0.182. The fourth-order valence-electron chi connectivity index (χ4n) is 3.68. The summed E-state index contributed by atoms with van der Waals surface area (Å²) in [5.41, 5.74) is 1.32. The van der Waals surface area contributed by atoms with Gasteiger partial charge in [-0.05, 0) is 36.6 Å². The van der Waals surface area contributed by atoms with Gasteiger partial charge in [0.15, 0.2) is 5.96 Å². The van der Waals surface area contributed by atoms with E-state index in [1.54, 1.807) is 24.5 Å². The lowest BCUT2D eigenvalue weighted by molar-refractivity contribution is 0.368. The Balaban J connectivity index is 1.33. The van der Waals surface area contributed by atoms with E-state index < -0.39 is 0 Å². The highest BCUT2D eigenvalue weighted by atomic mass is 19.1. The first-order valence-electron chi connectivity index (χ1n) is 9.44. The second-order valence-corrected chi connectivity index (χ2v) is 7.21. The largest absolute Gasteiger partial charge is 0.355 e. The maximum Gasteiger partial charge on any atom is 0.225 e. The van der Waals surface area contributed by atoms with Crippen molar-refractivity contribution in [3.05, 3.63) is 54.1 Å². The molecular formula is C20H25FN6. The molecule has 1 N–H and O–H groups in total. The lowest BCUT2D eigenvalue weighted by Gasteiger charge is -2.36. The third-order valence-electron chi connectivity index (χ3n) is 5.52. The van der Waals surface area contributed by atoms with Gasteiger partial charge in [-0.15, -0.1) is 0 Å². The second-order valence-electron chi connectivity index (χ2n) is 7.21. The van der Waals surface area contributed by atoms with Crippen molar-refractivity contribution < 1.29 is 4.39 Å². The lowest BCUT2D eigenvalue weighted by Crippen LogP contribution is -2.53. The van der Waals surface area contributed by atoms with Gasteiger partial charge in [-0.2, -0.15) is 0 Å². The fourth-order valence-corrected chi connectivity index (χ4v) is 3.68. The number of halogens is 1. The van der Waals surface area contributed by atoms with E-state index in [-0.39, 0.29) is 11.2 Å². The Bertz CT molecular complexity index is 780. The van der Waals surface area contributed by atoms with Crippen molar-refractivity contribution >= 4 is 11.9 Å². The van der Waals surface area contributed by atoms with Gasteiger partial charge in [0.05, 0.1) is 0 Å². The Labute approximate surface area is 159 Å². The SMILES string of the molecule is CN=C(NCC1(c2ccc(F)cc2)CC1)N1CCN(c2ncccn2)CC1. The van der Waals surface area contributed by atoms with Gasteiger partial charge in [0.1, 0.15) is 5.82 Å². The van der Waals surface area contributed by atoms with Crippen LogP contribution in [0.2, 0.25) is 0 Å². The molecule has 1 saturated carbocycles.